The molecule has 0 spiro atoms. The Balaban J connectivity index is 1.83. The zero-order valence-corrected chi connectivity index (χ0v) is 14.8. The van der Waals surface area contributed by atoms with E-state index < -0.39 is 17.7 Å². The van der Waals surface area contributed by atoms with Gasteiger partial charge in [0.1, 0.15) is 0 Å². The third kappa shape index (κ3) is 5.10. The highest BCUT2D eigenvalue weighted by atomic mass is 19.4. The van der Waals surface area contributed by atoms with Crippen LogP contribution in [0.25, 0.3) is 0 Å². The van der Waals surface area contributed by atoms with Gasteiger partial charge in [0.2, 0.25) is 0 Å². The normalized spacial score (nSPS) is 21.1. The van der Waals surface area contributed by atoms with E-state index in [2.05, 4.69) is 4.90 Å². The van der Waals surface area contributed by atoms with Gasteiger partial charge in [-0.15, -0.1) is 0 Å². The molecule has 2 aromatic rings. The van der Waals surface area contributed by atoms with Crippen molar-refractivity contribution in [1.29, 1.82) is 0 Å². The first-order valence-electron chi connectivity index (χ1n) is 9.00. The van der Waals surface area contributed by atoms with Crippen molar-refractivity contribution in [3.05, 3.63) is 71.3 Å². The number of aliphatic carboxylic acids is 1. The standard InChI is InChI=1S/C21H22F3NO2/c22-21(23,24)18-8-6-17(7-9-18)19-12-16(13-20(26)27)10-11-25(19)14-15-4-2-1-3-5-15/h1-9,16,19H,10-14H2,(H,26,27)/t16-,19+/m0/s1. The first-order valence-corrected chi connectivity index (χ1v) is 9.00. The van der Waals surface area contributed by atoms with Crippen molar-refractivity contribution in [1.82, 2.24) is 4.90 Å². The molecule has 1 aliphatic heterocycles. The lowest BCUT2D eigenvalue weighted by atomic mass is 9.84. The molecule has 144 valence electrons. The van der Waals surface area contributed by atoms with Gasteiger partial charge in [0.15, 0.2) is 0 Å². The summed E-state index contributed by atoms with van der Waals surface area (Å²) in [6.07, 6.45) is -2.86. The molecule has 0 bridgehead atoms. The summed E-state index contributed by atoms with van der Waals surface area (Å²) in [6, 6.07) is 15.1. The van der Waals surface area contributed by atoms with Gasteiger partial charge in [-0.1, -0.05) is 42.5 Å². The predicted octanol–water partition coefficient (Wildman–Crippen LogP) is 5.13. The van der Waals surface area contributed by atoms with Crippen LogP contribution in [0.1, 0.15) is 42.0 Å². The third-order valence-electron chi connectivity index (χ3n) is 5.14. The van der Waals surface area contributed by atoms with Crippen LogP contribution < -0.4 is 0 Å². The summed E-state index contributed by atoms with van der Waals surface area (Å²) in [7, 11) is 0. The molecule has 27 heavy (non-hydrogen) atoms. The number of halogens is 3. The highest BCUT2D eigenvalue weighted by Gasteiger charge is 2.33. The molecule has 3 nitrogen and oxygen atoms in total. The summed E-state index contributed by atoms with van der Waals surface area (Å²) in [5.41, 5.74) is 1.26. The van der Waals surface area contributed by atoms with Crippen LogP contribution in [0.15, 0.2) is 54.6 Å². The Morgan fingerprint density at radius 1 is 1.07 bits per heavy atom. The molecule has 0 aromatic heterocycles. The van der Waals surface area contributed by atoms with Crippen LogP contribution in [-0.2, 0) is 17.5 Å². The fourth-order valence-corrected chi connectivity index (χ4v) is 3.77. The summed E-state index contributed by atoms with van der Waals surface area (Å²) >= 11 is 0. The van der Waals surface area contributed by atoms with E-state index in [-0.39, 0.29) is 18.4 Å². The molecule has 6 heteroatoms. The summed E-state index contributed by atoms with van der Waals surface area (Å²) in [6.45, 7) is 1.41. The monoisotopic (exact) mass is 377 g/mol. The molecule has 0 unspecified atom stereocenters. The van der Waals surface area contributed by atoms with E-state index in [1.165, 1.54) is 12.1 Å². The summed E-state index contributed by atoms with van der Waals surface area (Å²) in [5, 5.41) is 9.11. The average Bonchev–Trinajstić information content (AvgIpc) is 2.63. The molecule has 3 rings (SSSR count). The Hall–Kier alpha value is -2.34. The van der Waals surface area contributed by atoms with Gasteiger partial charge in [0, 0.05) is 19.0 Å². The van der Waals surface area contributed by atoms with E-state index in [4.69, 9.17) is 5.11 Å². The van der Waals surface area contributed by atoms with E-state index in [9.17, 15) is 18.0 Å². The van der Waals surface area contributed by atoms with Crippen LogP contribution in [0.3, 0.4) is 0 Å². The van der Waals surface area contributed by atoms with Crippen molar-refractivity contribution in [2.75, 3.05) is 6.54 Å². The SMILES string of the molecule is O=C(O)C[C@H]1CCN(Cc2ccccc2)[C@@H](c2ccc(C(F)(F)F)cc2)C1. The Morgan fingerprint density at radius 2 is 1.74 bits per heavy atom. The Kier molecular flexibility index (Phi) is 5.85. The van der Waals surface area contributed by atoms with Gasteiger partial charge in [-0.3, -0.25) is 9.69 Å². The summed E-state index contributed by atoms with van der Waals surface area (Å²) in [5.74, 6) is -0.801. The predicted molar refractivity (Wildman–Crippen MR) is 96.0 cm³/mol. The Labute approximate surface area is 156 Å². The lowest BCUT2D eigenvalue weighted by Crippen LogP contribution is -2.37. The molecule has 1 heterocycles. The van der Waals surface area contributed by atoms with E-state index in [0.29, 0.717) is 13.0 Å². The van der Waals surface area contributed by atoms with Crippen molar-refractivity contribution in [3.63, 3.8) is 0 Å². The molecule has 2 aromatic carbocycles. The number of rotatable bonds is 5. The number of hydrogen-bond donors (Lipinski definition) is 1. The number of hydrogen-bond acceptors (Lipinski definition) is 2. The van der Waals surface area contributed by atoms with Gasteiger partial charge < -0.3 is 5.11 Å². The first-order chi connectivity index (χ1) is 12.8. The number of carboxylic acids is 1. The number of piperidine rings is 1. The molecular formula is C21H22F3NO2. The van der Waals surface area contributed by atoms with Gasteiger partial charge in [-0.25, -0.2) is 0 Å². The maximum atomic E-state index is 12.9. The minimum atomic E-state index is -4.36. The first kappa shape index (κ1) is 19.4. The van der Waals surface area contributed by atoms with Gasteiger partial charge in [-0.2, -0.15) is 13.2 Å². The van der Waals surface area contributed by atoms with E-state index >= 15 is 0 Å². The molecule has 0 radical (unpaired) electrons. The molecule has 1 aliphatic rings. The second-order valence-corrected chi connectivity index (χ2v) is 7.08. The van der Waals surface area contributed by atoms with Crippen molar-refractivity contribution >= 4 is 5.97 Å². The maximum Gasteiger partial charge on any atom is 0.416 e. The third-order valence-corrected chi connectivity index (χ3v) is 5.14. The lowest BCUT2D eigenvalue weighted by Gasteiger charge is -2.39. The molecule has 2 atom stereocenters. The van der Waals surface area contributed by atoms with E-state index in [1.54, 1.807) is 0 Å². The number of benzene rings is 2. The quantitative estimate of drug-likeness (QED) is 0.785. The summed E-state index contributed by atoms with van der Waals surface area (Å²) in [4.78, 5) is 13.3. The molecule has 0 amide bonds. The maximum absolute atomic E-state index is 12.9. The Bertz CT molecular complexity index is 759. The zero-order valence-electron chi connectivity index (χ0n) is 14.8. The van der Waals surface area contributed by atoms with Crippen molar-refractivity contribution in [2.45, 2.75) is 38.0 Å². The van der Waals surface area contributed by atoms with Crippen LogP contribution in [0.4, 0.5) is 13.2 Å². The minimum Gasteiger partial charge on any atom is -0.481 e. The Morgan fingerprint density at radius 3 is 2.33 bits per heavy atom. The highest BCUT2D eigenvalue weighted by molar-refractivity contribution is 5.67. The largest absolute Gasteiger partial charge is 0.481 e. The van der Waals surface area contributed by atoms with Crippen molar-refractivity contribution in [2.24, 2.45) is 5.92 Å². The van der Waals surface area contributed by atoms with Gasteiger partial charge in [0.25, 0.3) is 0 Å². The fourth-order valence-electron chi connectivity index (χ4n) is 3.77. The van der Waals surface area contributed by atoms with Gasteiger partial charge in [0.05, 0.1) is 5.56 Å². The minimum absolute atomic E-state index is 0.0295. The smallest absolute Gasteiger partial charge is 0.416 e. The molecule has 1 saturated heterocycles. The van der Waals surface area contributed by atoms with Gasteiger partial charge >= 0.3 is 12.1 Å². The second-order valence-electron chi connectivity index (χ2n) is 7.08. The number of alkyl halides is 3. The van der Waals surface area contributed by atoms with Gasteiger partial charge in [-0.05, 0) is 48.6 Å². The second kappa shape index (κ2) is 8.13. The average molecular weight is 377 g/mol. The van der Waals surface area contributed by atoms with E-state index in [0.717, 1.165) is 36.2 Å². The van der Waals surface area contributed by atoms with Crippen LogP contribution in [-0.4, -0.2) is 22.5 Å². The fraction of sp³-hybridized carbons (Fsp3) is 0.381. The lowest BCUT2D eigenvalue weighted by molar-refractivity contribution is -0.139. The van der Waals surface area contributed by atoms with Crippen LogP contribution in [0, 0.1) is 5.92 Å². The summed E-state index contributed by atoms with van der Waals surface area (Å²) < 4.78 is 38.6. The number of carbonyl (C=O) groups is 1. The zero-order chi connectivity index (χ0) is 19.4. The van der Waals surface area contributed by atoms with Crippen LogP contribution >= 0.6 is 0 Å². The highest BCUT2D eigenvalue weighted by Crippen LogP contribution is 2.38. The van der Waals surface area contributed by atoms with Crippen molar-refractivity contribution in [3.8, 4) is 0 Å². The molecule has 0 aliphatic carbocycles. The molecule has 0 saturated carbocycles. The molecule has 1 fully saturated rings. The molecular weight excluding hydrogens is 355 g/mol. The number of likely N-dealkylation sites (tertiary alicyclic amines) is 1. The number of carboxylic acid groups (broad SMARTS) is 1. The van der Waals surface area contributed by atoms with Crippen LogP contribution in [0.2, 0.25) is 0 Å². The topological polar surface area (TPSA) is 40.5 Å². The van der Waals surface area contributed by atoms with E-state index in [1.807, 2.05) is 30.3 Å². The number of nitrogens with zero attached hydrogens (tertiary/aromatic N) is 1. The van der Waals surface area contributed by atoms with Crippen LogP contribution in [0.5, 0.6) is 0 Å². The molecule has 1 N–H and O–H groups in total. The van der Waals surface area contributed by atoms with Crippen molar-refractivity contribution < 1.29 is 23.1 Å².